The molecule has 0 saturated carbocycles. The van der Waals surface area contributed by atoms with Gasteiger partial charge in [0.1, 0.15) is 5.82 Å². The Balaban J connectivity index is 2.12. The molecule has 7 heteroatoms. The van der Waals surface area contributed by atoms with E-state index in [1.165, 1.54) is 12.1 Å². The summed E-state index contributed by atoms with van der Waals surface area (Å²) in [6, 6.07) is 6.00. The van der Waals surface area contributed by atoms with E-state index in [0.29, 0.717) is 19.6 Å². The summed E-state index contributed by atoms with van der Waals surface area (Å²) in [5, 5.41) is 2.51. The summed E-state index contributed by atoms with van der Waals surface area (Å²) < 4.78 is 13.2. The van der Waals surface area contributed by atoms with E-state index in [1.54, 1.807) is 29.0 Å². The van der Waals surface area contributed by atoms with Gasteiger partial charge in [-0.05, 0) is 23.6 Å². The number of nitrogens with zero attached hydrogens (tertiary/aromatic N) is 2. The van der Waals surface area contributed by atoms with E-state index in [2.05, 4.69) is 5.32 Å². The molecule has 0 unspecified atom stereocenters. The highest BCUT2D eigenvalue weighted by molar-refractivity contribution is 5.84. The molecule has 0 radical (unpaired) electrons. The first-order chi connectivity index (χ1) is 12.8. The van der Waals surface area contributed by atoms with Gasteiger partial charge in [0.2, 0.25) is 17.7 Å². The van der Waals surface area contributed by atoms with Crippen LogP contribution in [0.25, 0.3) is 0 Å². The second-order valence-corrected chi connectivity index (χ2v) is 7.22. The molecule has 1 aromatic rings. The van der Waals surface area contributed by atoms with Gasteiger partial charge in [-0.2, -0.15) is 0 Å². The Morgan fingerprint density at radius 3 is 2.48 bits per heavy atom. The van der Waals surface area contributed by atoms with Gasteiger partial charge in [0.05, 0.1) is 6.04 Å². The summed E-state index contributed by atoms with van der Waals surface area (Å²) >= 11 is 0. The molecular weight excluding hydrogens is 349 g/mol. The van der Waals surface area contributed by atoms with Gasteiger partial charge in [-0.15, -0.1) is 0 Å². The molecule has 0 aliphatic carbocycles. The number of hydrogen-bond acceptors (Lipinski definition) is 3. The predicted octanol–water partition coefficient (Wildman–Crippen LogP) is 1.94. The first-order valence-corrected chi connectivity index (χ1v) is 9.34. The van der Waals surface area contributed by atoms with Gasteiger partial charge in [0, 0.05) is 45.9 Å². The zero-order valence-electron chi connectivity index (χ0n) is 16.2. The zero-order valence-corrected chi connectivity index (χ0v) is 16.2. The molecule has 1 aliphatic rings. The van der Waals surface area contributed by atoms with Crippen LogP contribution >= 0.6 is 0 Å². The number of carbonyl (C=O) groups excluding carboxylic acids is 3. The number of hydrogen-bond donors (Lipinski definition) is 1. The first kappa shape index (κ1) is 20.9. The highest BCUT2D eigenvalue weighted by Gasteiger charge is 2.33. The summed E-state index contributed by atoms with van der Waals surface area (Å²) in [4.78, 5) is 40.1. The Bertz CT molecular complexity index is 676. The number of amides is 3. The lowest BCUT2D eigenvalue weighted by molar-refractivity contribution is -0.135. The molecular formula is C20H28FN3O3. The minimum Gasteiger partial charge on any atom is -0.359 e. The standard InChI is InChI=1S/C20H28FN3O3/c1-14(2)17-13-23(19(26)9-8-18(25)22-3)11-10-20(27)24(17)12-15-4-6-16(21)7-5-15/h4-7,14,17H,8-13H2,1-3H3,(H,22,25)/t17-/m0/s1. The van der Waals surface area contributed by atoms with Crippen molar-refractivity contribution in [1.82, 2.24) is 15.1 Å². The smallest absolute Gasteiger partial charge is 0.224 e. The van der Waals surface area contributed by atoms with Crippen LogP contribution < -0.4 is 5.32 Å². The van der Waals surface area contributed by atoms with Crippen LogP contribution in [0.5, 0.6) is 0 Å². The largest absolute Gasteiger partial charge is 0.359 e. The highest BCUT2D eigenvalue weighted by atomic mass is 19.1. The van der Waals surface area contributed by atoms with Crippen molar-refractivity contribution in [3.63, 3.8) is 0 Å². The van der Waals surface area contributed by atoms with E-state index < -0.39 is 0 Å². The number of halogens is 1. The van der Waals surface area contributed by atoms with Crippen LogP contribution in [0.3, 0.4) is 0 Å². The van der Waals surface area contributed by atoms with Crippen LogP contribution in [0.15, 0.2) is 24.3 Å². The topological polar surface area (TPSA) is 69.7 Å². The monoisotopic (exact) mass is 377 g/mol. The predicted molar refractivity (Wildman–Crippen MR) is 100 cm³/mol. The van der Waals surface area contributed by atoms with Crippen molar-refractivity contribution < 1.29 is 18.8 Å². The molecule has 1 aliphatic heterocycles. The molecule has 148 valence electrons. The molecule has 0 spiro atoms. The van der Waals surface area contributed by atoms with E-state index in [1.807, 2.05) is 13.8 Å². The maximum atomic E-state index is 13.2. The van der Waals surface area contributed by atoms with Gasteiger partial charge in [-0.3, -0.25) is 14.4 Å². The summed E-state index contributed by atoms with van der Waals surface area (Å²) in [6.07, 6.45) is 0.526. The van der Waals surface area contributed by atoms with Crippen molar-refractivity contribution in [2.45, 2.75) is 45.7 Å². The first-order valence-electron chi connectivity index (χ1n) is 9.34. The fourth-order valence-electron chi connectivity index (χ4n) is 3.27. The zero-order chi connectivity index (χ0) is 20.0. The second kappa shape index (κ2) is 9.48. The Labute approximate surface area is 159 Å². The van der Waals surface area contributed by atoms with Crippen molar-refractivity contribution >= 4 is 17.7 Å². The summed E-state index contributed by atoms with van der Waals surface area (Å²) in [6.45, 7) is 5.23. The summed E-state index contributed by atoms with van der Waals surface area (Å²) in [7, 11) is 1.54. The molecule has 1 heterocycles. The molecule has 1 N–H and O–H groups in total. The molecule has 3 amide bonds. The van der Waals surface area contributed by atoms with Crippen LogP contribution in [-0.4, -0.2) is 53.7 Å². The van der Waals surface area contributed by atoms with Crippen LogP contribution in [0.1, 0.15) is 38.7 Å². The number of benzene rings is 1. The normalized spacial score (nSPS) is 17.8. The van der Waals surface area contributed by atoms with E-state index in [4.69, 9.17) is 0 Å². The second-order valence-electron chi connectivity index (χ2n) is 7.22. The molecule has 27 heavy (non-hydrogen) atoms. The van der Waals surface area contributed by atoms with Crippen LogP contribution in [0, 0.1) is 11.7 Å². The number of carbonyl (C=O) groups is 3. The average Bonchev–Trinajstić information content (AvgIpc) is 2.81. The van der Waals surface area contributed by atoms with Crippen molar-refractivity contribution in [3.8, 4) is 0 Å². The van der Waals surface area contributed by atoms with Gasteiger partial charge in [-0.25, -0.2) is 4.39 Å². The fraction of sp³-hybridized carbons (Fsp3) is 0.550. The molecule has 0 aromatic heterocycles. The molecule has 1 aromatic carbocycles. The lowest BCUT2D eigenvalue weighted by atomic mass is 10.0. The van der Waals surface area contributed by atoms with Crippen LogP contribution in [0.4, 0.5) is 4.39 Å². The number of rotatable bonds is 6. The van der Waals surface area contributed by atoms with E-state index >= 15 is 0 Å². The lowest BCUT2D eigenvalue weighted by Gasteiger charge is -2.34. The number of nitrogens with one attached hydrogen (secondary N) is 1. The van der Waals surface area contributed by atoms with Gasteiger partial charge in [0.25, 0.3) is 0 Å². The van der Waals surface area contributed by atoms with Crippen LogP contribution in [-0.2, 0) is 20.9 Å². The third kappa shape index (κ3) is 5.77. The van der Waals surface area contributed by atoms with Gasteiger partial charge in [0.15, 0.2) is 0 Å². The SMILES string of the molecule is CNC(=O)CCC(=O)N1CCC(=O)N(Cc2ccc(F)cc2)[C@H](C(C)C)C1. The Kier molecular flexibility index (Phi) is 7.33. The van der Waals surface area contributed by atoms with Gasteiger partial charge in [-0.1, -0.05) is 26.0 Å². The molecule has 1 saturated heterocycles. The van der Waals surface area contributed by atoms with E-state index in [0.717, 1.165) is 5.56 Å². The Hall–Kier alpha value is -2.44. The average molecular weight is 377 g/mol. The molecule has 1 fully saturated rings. The maximum Gasteiger partial charge on any atom is 0.224 e. The van der Waals surface area contributed by atoms with Crippen molar-refractivity contribution in [3.05, 3.63) is 35.6 Å². The quantitative estimate of drug-likeness (QED) is 0.824. The minimum atomic E-state index is -0.311. The fourth-order valence-corrected chi connectivity index (χ4v) is 3.27. The maximum absolute atomic E-state index is 13.2. The highest BCUT2D eigenvalue weighted by Crippen LogP contribution is 2.21. The molecule has 6 nitrogen and oxygen atoms in total. The Morgan fingerprint density at radius 1 is 1.22 bits per heavy atom. The van der Waals surface area contributed by atoms with Crippen molar-refractivity contribution in [2.75, 3.05) is 20.1 Å². The van der Waals surface area contributed by atoms with Crippen molar-refractivity contribution in [1.29, 1.82) is 0 Å². The molecule has 0 bridgehead atoms. The summed E-state index contributed by atoms with van der Waals surface area (Å²) in [5.74, 6) is -0.455. The summed E-state index contributed by atoms with van der Waals surface area (Å²) in [5.41, 5.74) is 0.856. The van der Waals surface area contributed by atoms with Gasteiger partial charge < -0.3 is 15.1 Å². The molecule has 2 rings (SSSR count). The third-order valence-electron chi connectivity index (χ3n) is 4.96. The molecule has 1 atom stereocenters. The lowest BCUT2D eigenvalue weighted by Crippen LogP contribution is -2.47. The third-order valence-corrected chi connectivity index (χ3v) is 4.96. The van der Waals surface area contributed by atoms with E-state index in [9.17, 15) is 18.8 Å². The van der Waals surface area contributed by atoms with Gasteiger partial charge >= 0.3 is 0 Å². The van der Waals surface area contributed by atoms with Crippen LogP contribution in [0.2, 0.25) is 0 Å². The minimum absolute atomic E-state index is 0.0142. The Morgan fingerprint density at radius 2 is 1.89 bits per heavy atom. The van der Waals surface area contributed by atoms with E-state index in [-0.39, 0.29) is 54.8 Å². The van der Waals surface area contributed by atoms with Crippen molar-refractivity contribution in [2.24, 2.45) is 5.92 Å².